The van der Waals surface area contributed by atoms with Gasteiger partial charge in [-0.15, -0.1) is 0 Å². The second kappa shape index (κ2) is 8.44. The Balaban J connectivity index is 1.68. The summed E-state index contributed by atoms with van der Waals surface area (Å²) in [5.41, 5.74) is 11.9. The number of nitrogens with zero attached hydrogens (tertiary/aromatic N) is 2. The predicted molar refractivity (Wildman–Crippen MR) is 123 cm³/mol. The summed E-state index contributed by atoms with van der Waals surface area (Å²) >= 11 is 0. The number of ether oxygens (including phenoxy) is 1. The number of nitrogen functional groups attached to an aromatic ring is 1. The van der Waals surface area contributed by atoms with Gasteiger partial charge in [0, 0.05) is 23.0 Å². The van der Waals surface area contributed by atoms with Gasteiger partial charge in [-0.1, -0.05) is 18.2 Å². The summed E-state index contributed by atoms with van der Waals surface area (Å²) < 4.78 is 5.29. The molecule has 0 spiro atoms. The second-order valence-electron chi connectivity index (χ2n) is 7.48. The number of methoxy groups -OCH3 is 1. The maximum atomic E-state index is 10.8. The van der Waals surface area contributed by atoms with E-state index >= 15 is 0 Å². The first-order valence-corrected chi connectivity index (χ1v) is 9.97. The molecule has 2 heterocycles. The van der Waals surface area contributed by atoms with Crippen LogP contribution in [0.2, 0.25) is 0 Å². The van der Waals surface area contributed by atoms with E-state index < -0.39 is 5.97 Å². The molecule has 4 aromatic rings. The van der Waals surface area contributed by atoms with E-state index in [2.05, 4.69) is 29.0 Å². The number of anilines is 1. The zero-order valence-electron chi connectivity index (χ0n) is 17.4. The molecule has 0 saturated heterocycles. The van der Waals surface area contributed by atoms with Crippen molar-refractivity contribution >= 4 is 39.7 Å². The zero-order valence-corrected chi connectivity index (χ0v) is 17.4. The maximum Gasteiger partial charge on any atom is 0.328 e. The largest absolute Gasteiger partial charge is 0.497 e. The number of aliphatic carboxylic acids is 1. The highest BCUT2D eigenvalue weighted by Crippen LogP contribution is 2.28. The molecule has 6 nitrogen and oxygen atoms in total. The lowest BCUT2D eigenvalue weighted by atomic mass is 9.99. The first-order valence-electron chi connectivity index (χ1n) is 9.97. The minimum atomic E-state index is -0.993. The van der Waals surface area contributed by atoms with Crippen LogP contribution in [0.4, 0.5) is 5.82 Å². The van der Waals surface area contributed by atoms with E-state index in [1.807, 2.05) is 36.5 Å². The topological polar surface area (TPSA) is 98.3 Å². The van der Waals surface area contributed by atoms with Crippen molar-refractivity contribution in [2.75, 3.05) is 12.8 Å². The number of benzene rings is 2. The van der Waals surface area contributed by atoms with Gasteiger partial charge in [-0.2, -0.15) is 0 Å². The van der Waals surface area contributed by atoms with Crippen molar-refractivity contribution in [1.29, 1.82) is 0 Å². The van der Waals surface area contributed by atoms with Crippen LogP contribution in [-0.2, 0) is 17.6 Å². The molecule has 2 aromatic carbocycles. The Kier molecular flexibility index (Phi) is 5.54. The number of carboxylic acids is 1. The summed E-state index contributed by atoms with van der Waals surface area (Å²) in [5.74, 6) is 0.229. The minimum Gasteiger partial charge on any atom is -0.497 e. The van der Waals surface area contributed by atoms with Crippen molar-refractivity contribution in [3.63, 3.8) is 0 Å². The first kappa shape index (κ1) is 20.3. The third kappa shape index (κ3) is 4.33. The molecule has 0 aliphatic rings. The monoisotopic (exact) mass is 413 g/mol. The number of aryl methyl sites for hydroxylation is 3. The van der Waals surface area contributed by atoms with E-state index in [1.54, 1.807) is 7.11 Å². The molecule has 0 aliphatic carbocycles. The van der Waals surface area contributed by atoms with E-state index in [0.29, 0.717) is 16.9 Å². The van der Waals surface area contributed by atoms with Gasteiger partial charge in [0.2, 0.25) is 0 Å². The van der Waals surface area contributed by atoms with Crippen LogP contribution in [0, 0.1) is 6.92 Å². The average molecular weight is 413 g/mol. The number of fused-ring (bicyclic) bond motifs is 3. The van der Waals surface area contributed by atoms with Crippen LogP contribution in [0.3, 0.4) is 0 Å². The molecule has 0 fully saturated rings. The SMILES string of the molecule is COc1ccc(CCc2cnc3c(N)nc4cc(/C=C/C(=O)O)ccc4c3c2)c(C)c1. The summed E-state index contributed by atoms with van der Waals surface area (Å²) in [4.78, 5) is 19.8. The summed E-state index contributed by atoms with van der Waals surface area (Å²) in [6.45, 7) is 2.09. The number of hydrogen-bond acceptors (Lipinski definition) is 5. The zero-order chi connectivity index (χ0) is 22.0. The van der Waals surface area contributed by atoms with Crippen LogP contribution in [0.25, 0.3) is 27.9 Å². The Hall–Kier alpha value is -3.93. The van der Waals surface area contributed by atoms with Crippen LogP contribution in [0.1, 0.15) is 22.3 Å². The third-order valence-corrected chi connectivity index (χ3v) is 5.39. The smallest absolute Gasteiger partial charge is 0.328 e. The molecule has 156 valence electrons. The standard InChI is InChI=1S/C25H23N3O3/c1-15-11-19(31-2)8-7-18(15)6-3-17-12-21-20-9-4-16(5-10-23(29)30)13-22(20)28-25(26)24(21)27-14-17/h4-5,7-14H,3,6H2,1-2H3,(H2,26,28)(H,29,30)/b10-5+. The lowest BCUT2D eigenvalue weighted by Crippen LogP contribution is -1.99. The van der Waals surface area contributed by atoms with Gasteiger partial charge in [-0.3, -0.25) is 4.98 Å². The quantitative estimate of drug-likeness (QED) is 0.355. The highest BCUT2D eigenvalue weighted by Gasteiger charge is 2.10. The molecule has 0 saturated carbocycles. The first-order chi connectivity index (χ1) is 14.9. The number of rotatable bonds is 6. The molecule has 3 N–H and O–H groups in total. The molecular formula is C25H23N3O3. The van der Waals surface area contributed by atoms with Gasteiger partial charge in [0.25, 0.3) is 0 Å². The Morgan fingerprint density at radius 1 is 1.13 bits per heavy atom. The average Bonchev–Trinajstić information content (AvgIpc) is 2.76. The molecule has 0 amide bonds. The number of carbonyl (C=O) groups is 1. The number of pyridine rings is 2. The van der Waals surface area contributed by atoms with Gasteiger partial charge >= 0.3 is 5.97 Å². The van der Waals surface area contributed by atoms with Gasteiger partial charge in [-0.25, -0.2) is 9.78 Å². The molecule has 0 unspecified atom stereocenters. The highest BCUT2D eigenvalue weighted by molar-refractivity contribution is 6.08. The highest BCUT2D eigenvalue weighted by atomic mass is 16.5. The van der Waals surface area contributed by atoms with Crippen LogP contribution in [0.5, 0.6) is 5.75 Å². The second-order valence-corrected chi connectivity index (χ2v) is 7.48. The molecule has 4 rings (SSSR count). The fourth-order valence-corrected chi connectivity index (χ4v) is 3.73. The minimum absolute atomic E-state index is 0.361. The Morgan fingerprint density at radius 2 is 1.97 bits per heavy atom. The van der Waals surface area contributed by atoms with Crippen molar-refractivity contribution < 1.29 is 14.6 Å². The van der Waals surface area contributed by atoms with Crippen LogP contribution in [-0.4, -0.2) is 28.2 Å². The number of hydrogen-bond donors (Lipinski definition) is 2. The van der Waals surface area contributed by atoms with E-state index in [-0.39, 0.29) is 0 Å². The van der Waals surface area contributed by atoms with Gasteiger partial charge in [0.1, 0.15) is 11.3 Å². The van der Waals surface area contributed by atoms with E-state index in [1.165, 1.54) is 17.2 Å². The molecule has 0 radical (unpaired) electrons. The fourth-order valence-electron chi connectivity index (χ4n) is 3.73. The van der Waals surface area contributed by atoms with Crippen LogP contribution >= 0.6 is 0 Å². The summed E-state index contributed by atoms with van der Waals surface area (Å²) in [7, 11) is 1.67. The predicted octanol–water partition coefficient (Wildman–Crippen LogP) is 4.57. The third-order valence-electron chi connectivity index (χ3n) is 5.39. The Morgan fingerprint density at radius 3 is 2.71 bits per heavy atom. The molecule has 0 bridgehead atoms. The summed E-state index contributed by atoms with van der Waals surface area (Å²) in [6.07, 6.45) is 6.24. The van der Waals surface area contributed by atoms with E-state index in [9.17, 15) is 4.79 Å². The number of aromatic nitrogens is 2. The maximum absolute atomic E-state index is 10.8. The van der Waals surface area contributed by atoms with Crippen LogP contribution < -0.4 is 10.5 Å². The number of nitrogens with two attached hydrogens (primary N) is 1. The van der Waals surface area contributed by atoms with Crippen molar-refractivity contribution in [1.82, 2.24) is 9.97 Å². The van der Waals surface area contributed by atoms with Crippen molar-refractivity contribution in [3.05, 3.63) is 77.0 Å². The van der Waals surface area contributed by atoms with Crippen molar-refractivity contribution in [2.24, 2.45) is 0 Å². The fraction of sp³-hybridized carbons (Fsp3) is 0.160. The van der Waals surface area contributed by atoms with Crippen molar-refractivity contribution in [2.45, 2.75) is 19.8 Å². The molecule has 31 heavy (non-hydrogen) atoms. The molecule has 2 aromatic heterocycles. The van der Waals surface area contributed by atoms with Gasteiger partial charge < -0.3 is 15.6 Å². The molecule has 0 atom stereocenters. The van der Waals surface area contributed by atoms with E-state index in [4.69, 9.17) is 15.6 Å². The summed E-state index contributed by atoms with van der Waals surface area (Å²) in [5, 5.41) is 10.7. The van der Waals surface area contributed by atoms with E-state index in [0.717, 1.165) is 46.6 Å². The normalized spacial score (nSPS) is 11.4. The molecular weight excluding hydrogens is 390 g/mol. The molecule has 0 aliphatic heterocycles. The van der Waals surface area contributed by atoms with Crippen LogP contribution in [0.15, 0.2) is 54.7 Å². The number of carboxylic acid groups (broad SMARTS) is 1. The van der Waals surface area contributed by atoms with Gasteiger partial charge in [0.05, 0.1) is 12.6 Å². The van der Waals surface area contributed by atoms with Gasteiger partial charge in [0.15, 0.2) is 5.82 Å². The summed E-state index contributed by atoms with van der Waals surface area (Å²) in [6, 6.07) is 13.9. The molecule has 6 heteroatoms. The Bertz CT molecular complexity index is 1330. The lowest BCUT2D eigenvalue weighted by Gasteiger charge is -2.10. The lowest BCUT2D eigenvalue weighted by molar-refractivity contribution is -0.131. The Labute approximate surface area is 180 Å². The van der Waals surface area contributed by atoms with Gasteiger partial charge in [-0.05, 0) is 72.4 Å². The van der Waals surface area contributed by atoms with Crippen molar-refractivity contribution in [3.8, 4) is 5.75 Å².